The van der Waals surface area contributed by atoms with Gasteiger partial charge in [0.1, 0.15) is 6.61 Å². The summed E-state index contributed by atoms with van der Waals surface area (Å²) in [5.41, 5.74) is 3.46. The Balaban J connectivity index is 1.93. The van der Waals surface area contributed by atoms with Crippen molar-refractivity contribution in [2.24, 2.45) is 0 Å². The summed E-state index contributed by atoms with van der Waals surface area (Å²) >= 11 is 0. The summed E-state index contributed by atoms with van der Waals surface area (Å²) in [6.07, 6.45) is 5.22. The number of aromatic nitrogens is 1. The first kappa shape index (κ1) is 14.2. The molecule has 0 saturated heterocycles. The van der Waals surface area contributed by atoms with E-state index in [-0.39, 0.29) is 0 Å². The molecule has 19 heavy (non-hydrogen) atoms. The number of nitrogens with zero attached hydrogens (tertiary/aromatic N) is 2. The lowest BCUT2D eigenvalue weighted by Gasteiger charge is -2.24. The average Bonchev–Trinajstić information content (AvgIpc) is 2.48. The number of rotatable bonds is 6. The second-order valence-corrected chi connectivity index (χ2v) is 4.59. The molecule has 4 nitrogen and oxygen atoms in total. The van der Waals surface area contributed by atoms with Crippen LogP contribution >= 0.6 is 0 Å². The van der Waals surface area contributed by atoms with Gasteiger partial charge in [0.05, 0.1) is 12.3 Å². The number of hydrogen-bond acceptors (Lipinski definition) is 4. The van der Waals surface area contributed by atoms with E-state index in [1.54, 1.807) is 0 Å². The maximum Gasteiger partial charge on any atom is 0.109 e. The van der Waals surface area contributed by atoms with Crippen molar-refractivity contribution in [2.45, 2.75) is 26.9 Å². The Kier molecular flexibility index (Phi) is 5.51. The van der Waals surface area contributed by atoms with E-state index in [1.807, 2.05) is 19.2 Å². The minimum absolute atomic E-state index is 0.448. The van der Waals surface area contributed by atoms with E-state index in [0.717, 1.165) is 37.3 Å². The van der Waals surface area contributed by atoms with Crippen LogP contribution in [0.5, 0.6) is 0 Å². The Hall–Kier alpha value is -1.23. The van der Waals surface area contributed by atoms with Crippen molar-refractivity contribution >= 4 is 5.57 Å². The highest BCUT2D eigenvalue weighted by Gasteiger charge is 2.12. The molecule has 0 spiro atoms. The first-order chi connectivity index (χ1) is 9.33. The summed E-state index contributed by atoms with van der Waals surface area (Å²) < 4.78 is 0. The van der Waals surface area contributed by atoms with Crippen LogP contribution in [0, 0.1) is 0 Å². The SMILES string of the molecule is CCOOCc1ccc(C2=CCN(CC)CC2)nc1. The van der Waals surface area contributed by atoms with Crippen LogP contribution in [0.15, 0.2) is 24.4 Å². The normalized spacial score (nSPS) is 16.4. The largest absolute Gasteiger partial charge is 0.300 e. The molecule has 104 valence electrons. The van der Waals surface area contributed by atoms with Crippen molar-refractivity contribution in [2.75, 3.05) is 26.2 Å². The molecule has 1 aliphatic heterocycles. The van der Waals surface area contributed by atoms with Gasteiger partial charge >= 0.3 is 0 Å². The molecule has 0 aromatic carbocycles. The van der Waals surface area contributed by atoms with Gasteiger partial charge in [-0.15, -0.1) is 0 Å². The molecule has 0 atom stereocenters. The van der Waals surface area contributed by atoms with E-state index >= 15 is 0 Å². The maximum atomic E-state index is 5.02. The van der Waals surface area contributed by atoms with Crippen molar-refractivity contribution in [1.29, 1.82) is 0 Å². The van der Waals surface area contributed by atoms with Crippen LogP contribution in [0.1, 0.15) is 31.5 Å². The van der Waals surface area contributed by atoms with Gasteiger partial charge in [0.15, 0.2) is 0 Å². The van der Waals surface area contributed by atoms with Gasteiger partial charge in [0.25, 0.3) is 0 Å². The average molecular weight is 262 g/mol. The minimum atomic E-state index is 0.448. The second-order valence-electron chi connectivity index (χ2n) is 4.59. The van der Waals surface area contributed by atoms with E-state index in [2.05, 4.69) is 29.0 Å². The van der Waals surface area contributed by atoms with Crippen LogP contribution in [0.3, 0.4) is 0 Å². The molecule has 0 N–H and O–H groups in total. The lowest BCUT2D eigenvalue weighted by molar-refractivity contribution is -0.300. The summed E-state index contributed by atoms with van der Waals surface area (Å²) in [7, 11) is 0. The van der Waals surface area contributed by atoms with Gasteiger partial charge in [-0.1, -0.05) is 19.1 Å². The maximum absolute atomic E-state index is 5.02. The summed E-state index contributed by atoms with van der Waals surface area (Å²) in [5, 5.41) is 0. The summed E-state index contributed by atoms with van der Waals surface area (Å²) in [6.45, 7) is 8.38. The first-order valence-corrected chi connectivity index (χ1v) is 6.94. The number of hydrogen-bond donors (Lipinski definition) is 0. The molecule has 0 radical (unpaired) electrons. The smallest absolute Gasteiger partial charge is 0.109 e. The fraction of sp³-hybridized carbons (Fsp3) is 0.533. The first-order valence-electron chi connectivity index (χ1n) is 6.94. The molecule has 0 bridgehead atoms. The Bertz CT molecular complexity index is 415. The van der Waals surface area contributed by atoms with Crippen molar-refractivity contribution in [1.82, 2.24) is 9.88 Å². The van der Waals surface area contributed by atoms with Crippen LogP contribution in [0.2, 0.25) is 0 Å². The van der Waals surface area contributed by atoms with Gasteiger partial charge in [0.2, 0.25) is 0 Å². The summed E-state index contributed by atoms with van der Waals surface area (Å²) in [4.78, 5) is 16.8. The Labute approximate surface area is 115 Å². The highest BCUT2D eigenvalue weighted by molar-refractivity contribution is 5.63. The molecule has 0 saturated carbocycles. The molecule has 1 aromatic rings. The standard InChI is InChI=1S/C15H22N2O2/c1-3-17-9-7-14(8-10-17)15-6-5-13(11-16-15)12-19-18-4-2/h5-7,11H,3-4,8-10,12H2,1-2H3. The molecule has 2 rings (SSSR count). The predicted octanol–water partition coefficient (Wildman–Crippen LogP) is 2.66. The van der Waals surface area contributed by atoms with E-state index in [0.29, 0.717) is 13.2 Å². The molecule has 4 heteroatoms. The van der Waals surface area contributed by atoms with E-state index < -0.39 is 0 Å². The summed E-state index contributed by atoms with van der Waals surface area (Å²) in [5.74, 6) is 0. The zero-order chi connectivity index (χ0) is 13.5. The van der Waals surface area contributed by atoms with Crippen molar-refractivity contribution in [3.05, 3.63) is 35.7 Å². The third-order valence-electron chi connectivity index (χ3n) is 3.32. The predicted molar refractivity (Wildman–Crippen MR) is 75.4 cm³/mol. The zero-order valence-electron chi connectivity index (χ0n) is 11.8. The van der Waals surface area contributed by atoms with Crippen molar-refractivity contribution in [3.8, 4) is 0 Å². The van der Waals surface area contributed by atoms with Crippen LogP contribution in [-0.2, 0) is 16.4 Å². The van der Waals surface area contributed by atoms with E-state index in [9.17, 15) is 0 Å². The lowest BCUT2D eigenvalue weighted by Crippen LogP contribution is -2.28. The molecular weight excluding hydrogens is 240 g/mol. The third-order valence-corrected chi connectivity index (χ3v) is 3.32. The van der Waals surface area contributed by atoms with E-state index in [1.165, 1.54) is 5.57 Å². The highest BCUT2D eigenvalue weighted by Crippen LogP contribution is 2.20. The van der Waals surface area contributed by atoms with Crippen LogP contribution < -0.4 is 0 Å². The molecule has 0 aliphatic carbocycles. The Morgan fingerprint density at radius 1 is 1.26 bits per heavy atom. The van der Waals surface area contributed by atoms with Crippen LogP contribution in [0.4, 0.5) is 0 Å². The molecule has 0 unspecified atom stereocenters. The molecule has 2 heterocycles. The van der Waals surface area contributed by atoms with E-state index in [4.69, 9.17) is 9.78 Å². The molecule has 0 amide bonds. The fourth-order valence-electron chi connectivity index (χ4n) is 2.12. The second kappa shape index (κ2) is 7.38. The van der Waals surface area contributed by atoms with Crippen molar-refractivity contribution < 1.29 is 9.78 Å². The summed E-state index contributed by atoms with van der Waals surface area (Å²) in [6, 6.07) is 4.12. The van der Waals surface area contributed by atoms with Gasteiger partial charge in [-0.3, -0.25) is 9.88 Å². The van der Waals surface area contributed by atoms with Gasteiger partial charge < -0.3 is 0 Å². The zero-order valence-corrected chi connectivity index (χ0v) is 11.8. The van der Waals surface area contributed by atoms with Gasteiger partial charge in [-0.25, -0.2) is 9.78 Å². The molecular formula is C15H22N2O2. The minimum Gasteiger partial charge on any atom is -0.300 e. The monoisotopic (exact) mass is 262 g/mol. The number of likely N-dealkylation sites (N-methyl/N-ethyl adjacent to an activating group) is 1. The third kappa shape index (κ3) is 4.13. The van der Waals surface area contributed by atoms with Crippen LogP contribution in [0.25, 0.3) is 5.57 Å². The highest BCUT2D eigenvalue weighted by atomic mass is 17.2. The topological polar surface area (TPSA) is 34.6 Å². The fourth-order valence-corrected chi connectivity index (χ4v) is 2.12. The van der Waals surface area contributed by atoms with Gasteiger partial charge in [0, 0.05) is 19.3 Å². The van der Waals surface area contributed by atoms with Gasteiger partial charge in [-0.2, -0.15) is 0 Å². The number of pyridine rings is 1. The van der Waals surface area contributed by atoms with Crippen LogP contribution in [-0.4, -0.2) is 36.1 Å². The van der Waals surface area contributed by atoms with Crippen molar-refractivity contribution in [3.63, 3.8) is 0 Å². The Morgan fingerprint density at radius 2 is 2.16 bits per heavy atom. The van der Waals surface area contributed by atoms with Gasteiger partial charge in [-0.05, 0) is 37.1 Å². The molecule has 0 fully saturated rings. The molecule has 1 aliphatic rings. The molecule has 1 aromatic heterocycles. The Morgan fingerprint density at radius 3 is 2.74 bits per heavy atom. The quantitative estimate of drug-likeness (QED) is 0.448. The lowest BCUT2D eigenvalue weighted by atomic mass is 10.0.